The number of rotatable bonds is 4. The number of halogens is 2. The Bertz CT molecular complexity index is 797. The molecular formula is C20H20Cl2O6. The van der Waals surface area contributed by atoms with Crippen molar-refractivity contribution in [2.24, 2.45) is 0 Å². The molecule has 2 saturated heterocycles. The molecule has 0 bridgehead atoms. The first kappa shape index (κ1) is 20.1. The Morgan fingerprint density at radius 1 is 0.679 bits per heavy atom. The molecule has 0 aromatic heterocycles. The van der Waals surface area contributed by atoms with Gasteiger partial charge in [0.1, 0.15) is 24.4 Å². The van der Waals surface area contributed by atoms with Crippen molar-refractivity contribution in [2.45, 2.75) is 37.0 Å². The molecule has 2 aromatic rings. The van der Waals surface area contributed by atoms with Crippen LogP contribution in [-0.4, -0.2) is 47.8 Å². The maximum absolute atomic E-state index is 9.92. The Hall–Kier alpha value is -1.22. The maximum Gasteiger partial charge on any atom is 0.185 e. The molecule has 0 amide bonds. The molecule has 2 aromatic carbocycles. The number of hydrogen-bond donors (Lipinski definition) is 2. The average molecular weight is 427 g/mol. The van der Waals surface area contributed by atoms with E-state index in [1.54, 1.807) is 42.5 Å². The SMILES string of the molecule is OC[C@@H]1OC(c2cccc(Cl)c2)O[C@H](CO)[C@H]2OC(c3cccc(Cl)c3)O[C@@H]21. The van der Waals surface area contributed by atoms with Crippen molar-refractivity contribution in [3.63, 3.8) is 0 Å². The molecule has 150 valence electrons. The minimum absolute atomic E-state index is 0.300. The second-order valence-electron chi connectivity index (χ2n) is 6.69. The fourth-order valence-electron chi connectivity index (χ4n) is 3.49. The number of ether oxygens (including phenoxy) is 4. The molecule has 0 radical (unpaired) electrons. The Labute approximate surface area is 172 Å². The van der Waals surface area contributed by atoms with Crippen LogP contribution in [0.2, 0.25) is 10.0 Å². The third kappa shape index (κ3) is 4.06. The standard InChI is InChI=1S/C20H20Cl2O6/c21-13-5-1-3-11(7-13)19-25-15(9-23)17-18(16(10-24)26-19)28-20(27-17)12-4-2-6-14(22)8-12/h1-8,15-20,23-24H,9-10H2/t15-,16+,17-,18-,19?,20?/m1/s1. The molecule has 2 unspecified atom stereocenters. The topological polar surface area (TPSA) is 77.4 Å². The Morgan fingerprint density at radius 3 is 1.50 bits per heavy atom. The zero-order valence-electron chi connectivity index (χ0n) is 14.8. The van der Waals surface area contributed by atoms with Gasteiger partial charge in [0.25, 0.3) is 0 Å². The average Bonchev–Trinajstić information content (AvgIpc) is 3.07. The van der Waals surface area contributed by atoms with Crippen LogP contribution in [0.3, 0.4) is 0 Å². The summed E-state index contributed by atoms with van der Waals surface area (Å²) >= 11 is 12.1. The monoisotopic (exact) mass is 426 g/mol. The molecule has 28 heavy (non-hydrogen) atoms. The van der Waals surface area contributed by atoms with E-state index in [0.29, 0.717) is 15.6 Å². The molecule has 6 nitrogen and oxygen atoms in total. The summed E-state index contributed by atoms with van der Waals surface area (Å²) in [4.78, 5) is 0. The molecule has 2 fully saturated rings. The third-order valence-electron chi connectivity index (χ3n) is 4.82. The van der Waals surface area contributed by atoms with E-state index in [0.717, 1.165) is 5.56 Å². The van der Waals surface area contributed by atoms with Crippen LogP contribution in [0.5, 0.6) is 0 Å². The van der Waals surface area contributed by atoms with Crippen LogP contribution < -0.4 is 0 Å². The molecule has 2 aliphatic rings. The summed E-state index contributed by atoms with van der Waals surface area (Å²) in [5, 5.41) is 20.9. The molecule has 0 saturated carbocycles. The lowest BCUT2D eigenvalue weighted by Crippen LogP contribution is -2.43. The van der Waals surface area contributed by atoms with Gasteiger partial charge in [0.05, 0.1) is 13.2 Å². The largest absolute Gasteiger partial charge is 0.394 e. The molecule has 6 atom stereocenters. The van der Waals surface area contributed by atoms with Gasteiger partial charge in [0, 0.05) is 21.2 Å². The highest BCUT2D eigenvalue weighted by atomic mass is 35.5. The van der Waals surface area contributed by atoms with Gasteiger partial charge in [0.15, 0.2) is 12.6 Å². The predicted octanol–water partition coefficient (Wildman–Crippen LogP) is 3.24. The van der Waals surface area contributed by atoms with Crippen LogP contribution >= 0.6 is 23.2 Å². The molecule has 0 aliphatic carbocycles. The van der Waals surface area contributed by atoms with E-state index in [9.17, 15) is 10.2 Å². The number of hydrogen-bond acceptors (Lipinski definition) is 6. The third-order valence-corrected chi connectivity index (χ3v) is 5.29. The summed E-state index contributed by atoms with van der Waals surface area (Å²) in [7, 11) is 0. The van der Waals surface area contributed by atoms with E-state index in [2.05, 4.69) is 0 Å². The summed E-state index contributed by atoms with van der Waals surface area (Å²) in [6.45, 7) is -0.600. The van der Waals surface area contributed by atoms with E-state index in [1.165, 1.54) is 0 Å². The van der Waals surface area contributed by atoms with Crippen molar-refractivity contribution in [1.29, 1.82) is 0 Å². The molecule has 2 N–H and O–H groups in total. The van der Waals surface area contributed by atoms with Crippen LogP contribution in [0.25, 0.3) is 0 Å². The summed E-state index contributed by atoms with van der Waals surface area (Å²) in [5.74, 6) is 0. The second kappa shape index (κ2) is 8.65. The Morgan fingerprint density at radius 2 is 1.11 bits per heavy atom. The number of fused-ring (bicyclic) bond motifs is 1. The Balaban J connectivity index is 1.60. The predicted molar refractivity (Wildman–Crippen MR) is 102 cm³/mol. The quantitative estimate of drug-likeness (QED) is 0.781. The lowest BCUT2D eigenvalue weighted by molar-refractivity contribution is -0.223. The highest BCUT2D eigenvalue weighted by Gasteiger charge is 2.50. The van der Waals surface area contributed by atoms with Gasteiger partial charge in [-0.25, -0.2) is 0 Å². The van der Waals surface area contributed by atoms with E-state index in [4.69, 9.17) is 42.1 Å². The maximum atomic E-state index is 9.92. The van der Waals surface area contributed by atoms with Crippen LogP contribution in [0, 0.1) is 0 Å². The van der Waals surface area contributed by atoms with Gasteiger partial charge in [0.2, 0.25) is 0 Å². The summed E-state index contributed by atoms with van der Waals surface area (Å²) in [6.07, 6.45) is -4.21. The number of aliphatic hydroxyl groups excluding tert-OH is 2. The van der Waals surface area contributed by atoms with Crippen LogP contribution in [0.15, 0.2) is 48.5 Å². The molecule has 2 aliphatic heterocycles. The van der Waals surface area contributed by atoms with E-state index in [1.807, 2.05) is 6.07 Å². The van der Waals surface area contributed by atoms with Crippen molar-refractivity contribution in [1.82, 2.24) is 0 Å². The molecule has 8 heteroatoms. The van der Waals surface area contributed by atoms with Crippen molar-refractivity contribution in [3.05, 3.63) is 69.7 Å². The molecule has 2 heterocycles. The lowest BCUT2D eigenvalue weighted by Gasteiger charge is -2.24. The minimum Gasteiger partial charge on any atom is -0.394 e. The van der Waals surface area contributed by atoms with E-state index < -0.39 is 37.0 Å². The highest BCUT2D eigenvalue weighted by molar-refractivity contribution is 6.30. The molecule has 0 spiro atoms. The first-order chi connectivity index (χ1) is 13.6. The first-order valence-corrected chi connectivity index (χ1v) is 9.69. The number of benzene rings is 2. The van der Waals surface area contributed by atoms with Gasteiger partial charge < -0.3 is 29.2 Å². The van der Waals surface area contributed by atoms with Crippen LogP contribution in [0.4, 0.5) is 0 Å². The smallest absolute Gasteiger partial charge is 0.185 e. The normalized spacial score (nSPS) is 32.7. The molecule has 4 rings (SSSR count). The van der Waals surface area contributed by atoms with E-state index >= 15 is 0 Å². The summed E-state index contributed by atoms with van der Waals surface area (Å²) in [5.41, 5.74) is 1.41. The molecular weight excluding hydrogens is 407 g/mol. The van der Waals surface area contributed by atoms with Crippen LogP contribution in [0.1, 0.15) is 23.7 Å². The Kier molecular flexibility index (Phi) is 6.20. The highest BCUT2D eigenvalue weighted by Crippen LogP contribution is 2.41. The van der Waals surface area contributed by atoms with Crippen LogP contribution in [-0.2, 0) is 18.9 Å². The van der Waals surface area contributed by atoms with Gasteiger partial charge in [-0.3, -0.25) is 0 Å². The zero-order chi connectivity index (χ0) is 19.7. The van der Waals surface area contributed by atoms with Gasteiger partial charge in [-0.05, 0) is 24.3 Å². The summed E-state index contributed by atoms with van der Waals surface area (Å²) < 4.78 is 24.1. The van der Waals surface area contributed by atoms with Crippen molar-refractivity contribution in [3.8, 4) is 0 Å². The number of aliphatic hydroxyl groups is 2. The zero-order valence-corrected chi connectivity index (χ0v) is 16.3. The van der Waals surface area contributed by atoms with Gasteiger partial charge >= 0.3 is 0 Å². The van der Waals surface area contributed by atoms with Crippen molar-refractivity contribution in [2.75, 3.05) is 13.2 Å². The van der Waals surface area contributed by atoms with Gasteiger partial charge in [-0.15, -0.1) is 0 Å². The summed E-state index contributed by atoms with van der Waals surface area (Å²) in [6, 6.07) is 14.2. The lowest BCUT2D eigenvalue weighted by atomic mass is 10.0. The minimum atomic E-state index is -0.824. The second-order valence-corrected chi connectivity index (χ2v) is 7.56. The van der Waals surface area contributed by atoms with Gasteiger partial charge in [-0.1, -0.05) is 47.5 Å². The van der Waals surface area contributed by atoms with Gasteiger partial charge in [-0.2, -0.15) is 0 Å². The van der Waals surface area contributed by atoms with E-state index in [-0.39, 0.29) is 13.2 Å². The van der Waals surface area contributed by atoms with Crippen molar-refractivity contribution >= 4 is 23.2 Å². The fraction of sp³-hybridized carbons (Fsp3) is 0.400. The first-order valence-electron chi connectivity index (χ1n) is 8.93. The fourth-order valence-corrected chi connectivity index (χ4v) is 3.89. The van der Waals surface area contributed by atoms with Crippen molar-refractivity contribution < 1.29 is 29.2 Å².